The summed E-state index contributed by atoms with van der Waals surface area (Å²) in [7, 11) is 1.51. The van der Waals surface area contributed by atoms with E-state index in [4.69, 9.17) is 9.84 Å². The van der Waals surface area contributed by atoms with Gasteiger partial charge in [0.1, 0.15) is 6.61 Å². The number of ketones is 1. The molecular weight excluding hydrogens is 218 g/mol. The molecule has 0 heterocycles. The van der Waals surface area contributed by atoms with Crippen LogP contribution in [0.1, 0.15) is 5.56 Å². The van der Waals surface area contributed by atoms with Crippen LogP contribution in [0.4, 0.5) is 0 Å². The summed E-state index contributed by atoms with van der Waals surface area (Å²) in [6.45, 7) is 1.63. The summed E-state index contributed by atoms with van der Waals surface area (Å²) in [5.74, 6) is 0.0249. The highest BCUT2D eigenvalue weighted by atomic mass is 16.5. The summed E-state index contributed by atoms with van der Waals surface area (Å²) in [4.78, 5) is 13.4. The molecule has 0 amide bonds. The smallest absolute Gasteiger partial charge is 0.172 e. The van der Waals surface area contributed by atoms with E-state index < -0.39 is 0 Å². The van der Waals surface area contributed by atoms with Crippen LogP contribution in [0, 0.1) is 0 Å². The lowest BCUT2D eigenvalue weighted by Gasteiger charge is -2.20. The van der Waals surface area contributed by atoms with Gasteiger partial charge in [-0.1, -0.05) is 30.3 Å². The van der Waals surface area contributed by atoms with Gasteiger partial charge < -0.3 is 9.84 Å². The molecule has 0 spiro atoms. The van der Waals surface area contributed by atoms with Crippen molar-refractivity contribution in [2.75, 3.05) is 33.4 Å². The lowest BCUT2D eigenvalue weighted by Crippen LogP contribution is -2.33. The first-order chi connectivity index (χ1) is 8.26. The topological polar surface area (TPSA) is 49.8 Å². The predicted octanol–water partition coefficient (Wildman–Crippen LogP) is 0.696. The molecule has 0 saturated heterocycles. The van der Waals surface area contributed by atoms with Crippen LogP contribution in [-0.4, -0.2) is 49.2 Å². The largest absolute Gasteiger partial charge is 0.395 e. The van der Waals surface area contributed by atoms with Gasteiger partial charge in [-0.15, -0.1) is 0 Å². The summed E-state index contributed by atoms with van der Waals surface area (Å²) >= 11 is 0. The number of rotatable bonds is 8. The minimum Gasteiger partial charge on any atom is -0.395 e. The van der Waals surface area contributed by atoms with Crippen molar-refractivity contribution in [1.29, 1.82) is 0 Å². The standard InChI is InChI=1S/C13H19NO3/c1-17-11-13(16)10-14(7-8-15)9-12-5-3-2-4-6-12/h2-6,15H,7-11H2,1H3. The summed E-state index contributed by atoms with van der Waals surface area (Å²) in [6, 6.07) is 9.89. The number of carbonyl (C=O) groups excluding carboxylic acids is 1. The summed E-state index contributed by atoms with van der Waals surface area (Å²) in [5.41, 5.74) is 1.13. The average Bonchev–Trinajstić information content (AvgIpc) is 2.31. The Hall–Kier alpha value is -1.23. The van der Waals surface area contributed by atoms with E-state index in [1.165, 1.54) is 7.11 Å². The van der Waals surface area contributed by atoms with E-state index in [-0.39, 0.29) is 19.0 Å². The number of aliphatic hydroxyl groups excluding tert-OH is 1. The molecule has 0 aliphatic carbocycles. The number of hydrogen-bond acceptors (Lipinski definition) is 4. The van der Waals surface area contributed by atoms with Crippen LogP contribution in [0.3, 0.4) is 0 Å². The first-order valence-corrected chi connectivity index (χ1v) is 5.64. The molecule has 0 bridgehead atoms. The maximum atomic E-state index is 11.5. The third kappa shape index (κ3) is 5.58. The Balaban J connectivity index is 2.51. The highest BCUT2D eigenvalue weighted by Gasteiger charge is 2.10. The van der Waals surface area contributed by atoms with Gasteiger partial charge in [-0.3, -0.25) is 9.69 Å². The molecule has 0 fully saturated rings. The molecule has 4 nitrogen and oxygen atoms in total. The first kappa shape index (κ1) is 13.8. The zero-order chi connectivity index (χ0) is 12.5. The van der Waals surface area contributed by atoms with Crippen molar-refractivity contribution in [2.24, 2.45) is 0 Å². The number of nitrogens with zero attached hydrogens (tertiary/aromatic N) is 1. The average molecular weight is 237 g/mol. The molecule has 0 aliphatic heterocycles. The lowest BCUT2D eigenvalue weighted by atomic mass is 10.2. The number of carbonyl (C=O) groups is 1. The zero-order valence-electron chi connectivity index (χ0n) is 10.1. The summed E-state index contributed by atoms with van der Waals surface area (Å²) in [5, 5.41) is 8.97. The Morgan fingerprint density at radius 3 is 2.65 bits per heavy atom. The third-order valence-corrected chi connectivity index (χ3v) is 2.37. The normalized spacial score (nSPS) is 10.8. The minimum atomic E-state index is 0.0249. The number of benzene rings is 1. The quantitative estimate of drug-likeness (QED) is 0.723. The number of aliphatic hydroxyl groups is 1. The van der Waals surface area contributed by atoms with Gasteiger partial charge in [-0.2, -0.15) is 0 Å². The van der Waals surface area contributed by atoms with Crippen molar-refractivity contribution in [3.63, 3.8) is 0 Å². The fourth-order valence-electron chi connectivity index (χ4n) is 1.65. The number of Topliss-reactive ketones (excluding diaryl/α,β-unsaturated/α-hetero) is 1. The molecule has 1 aromatic rings. The Labute approximate surface area is 102 Å². The van der Waals surface area contributed by atoms with E-state index in [1.54, 1.807) is 0 Å². The molecule has 4 heteroatoms. The van der Waals surface area contributed by atoms with Gasteiger partial charge in [-0.25, -0.2) is 0 Å². The Kier molecular flexibility index (Phi) is 6.47. The second-order valence-electron chi connectivity index (χ2n) is 3.89. The van der Waals surface area contributed by atoms with E-state index >= 15 is 0 Å². The Morgan fingerprint density at radius 2 is 2.06 bits per heavy atom. The van der Waals surface area contributed by atoms with Crippen LogP contribution < -0.4 is 0 Å². The van der Waals surface area contributed by atoms with Gasteiger partial charge in [0.05, 0.1) is 13.2 Å². The molecule has 0 aromatic heterocycles. The number of hydrogen-bond donors (Lipinski definition) is 1. The van der Waals surface area contributed by atoms with E-state index in [2.05, 4.69) is 0 Å². The number of methoxy groups -OCH3 is 1. The third-order valence-electron chi connectivity index (χ3n) is 2.37. The van der Waals surface area contributed by atoms with Crippen molar-refractivity contribution >= 4 is 5.78 Å². The second kappa shape index (κ2) is 7.95. The lowest BCUT2D eigenvalue weighted by molar-refractivity contribution is -0.124. The van der Waals surface area contributed by atoms with Gasteiger partial charge in [-0.05, 0) is 5.56 Å². The molecule has 0 saturated carbocycles. The molecule has 1 N–H and O–H groups in total. The zero-order valence-corrected chi connectivity index (χ0v) is 10.1. The molecular formula is C13H19NO3. The van der Waals surface area contributed by atoms with Gasteiger partial charge in [0.15, 0.2) is 5.78 Å². The molecule has 0 aliphatic rings. The van der Waals surface area contributed by atoms with Crippen LogP contribution in [0.25, 0.3) is 0 Å². The van der Waals surface area contributed by atoms with E-state index in [0.29, 0.717) is 19.6 Å². The van der Waals surface area contributed by atoms with Gasteiger partial charge >= 0.3 is 0 Å². The fourth-order valence-corrected chi connectivity index (χ4v) is 1.65. The Morgan fingerprint density at radius 1 is 1.35 bits per heavy atom. The first-order valence-electron chi connectivity index (χ1n) is 5.64. The molecule has 0 radical (unpaired) electrons. The Bertz CT molecular complexity index is 327. The summed E-state index contributed by atoms with van der Waals surface area (Å²) in [6.07, 6.45) is 0. The molecule has 1 aromatic carbocycles. The highest BCUT2D eigenvalue weighted by Crippen LogP contribution is 2.04. The minimum absolute atomic E-state index is 0.0249. The summed E-state index contributed by atoms with van der Waals surface area (Å²) < 4.78 is 4.79. The molecule has 94 valence electrons. The molecule has 0 atom stereocenters. The van der Waals surface area contributed by atoms with Gasteiger partial charge in [0.25, 0.3) is 0 Å². The molecule has 1 rings (SSSR count). The maximum Gasteiger partial charge on any atom is 0.172 e. The fraction of sp³-hybridized carbons (Fsp3) is 0.462. The second-order valence-corrected chi connectivity index (χ2v) is 3.89. The van der Waals surface area contributed by atoms with Crippen molar-refractivity contribution in [1.82, 2.24) is 4.90 Å². The van der Waals surface area contributed by atoms with Crippen LogP contribution in [0.2, 0.25) is 0 Å². The highest BCUT2D eigenvalue weighted by molar-refractivity contribution is 5.81. The van der Waals surface area contributed by atoms with Crippen LogP contribution in [0.15, 0.2) is 30.3 Å². The van der Waals surface area contributed by atoms with Crippen molar-refractivity contribution in [3.8, 4) is 0 Å². The predicted molar refractivity (Wildman–Crippen MR) is 65.7 cm³/mol. The number of ether oxygens (including phenoxy) is 1. The SMILES string of the molecule is COCC(=O)CN(CCO)Cc1ccccc1. The van der Waals surface area contributed by atoms with E-state index in [0.717, 1.165) is 5.56 Å². The van der Waals surface area contributed by atoms with Crippen molar-refractivity contribution in [2.45, 2.75) is 6.54 Å². The van der Waals surface area contributed by atoms with Crippen LogP contribution in [0.5, 0.6) is 0 Å². The van der Waals surface area contributed by atoms with E-state index in [1.807, 2.05) is 35.2 Å². The van der Waals surface area contributed by atoms with Crippen molar-refractivity contribution in [3.05, 3.63) is 35.9 Å². The van der Waals surface area contributed by atoms with Gasteiger partial charge in [0.2, 0.25) is 0 Å². The van der Waals surface area contributed by atoms with Crippen LogP contribution in [-0.2, 0) is 16.1 Å². The monoisotopic (exact) mass is 237 g/mol. The van der Waals surface area contributed by atoms with E-state index in [9.17, 15) is 4.79 Å². The molecule has 0 unspecified atom stereocenters. The van der Waals surface area contributed by atoms with Crippen molar-refractivity contribution < 1.29 is 14.6 Å². The molecule has 17 heavy (non-hydrogen) atoms. The van der Waals surface area contributed by atoms with Crippen LogP contribution >= 0.6 is 0 Å². The maximum absolute atomic E-state index is 11.5. The van der Waals surface area contributed by atoms with Gasteiger partial charge in [0, 0.05) is 20.2 Å².